The Morgan fingerprint density at radius 3 is 2.88 bits per heavy atom. The van der Waals surface area contributed by atoms with Gasteiger partial charge in [-0.15, -0.1) is 0 Å². The lowest BCUT2D eigenvalue weighted by Gasteiger charge is -2.20. The molecule has 2 heterocycles. The van der Waals surface area contributed by atoms with Gasteiger partial charge >= 0.3 is 0 Å². The Morgan fingerprint density at radius 2 is 2.15 bits per heavy atom. The molecule has 0 unspecified atom stereocenters. The van der Waals surface area contributed by atoms with Crippen LogP contribution < -0.4 is 16.4 Å². The molecule has 2 amide bonds. The van der Waals surface area contributed by atoms with Crippen molar-refractivity contribution >= 4 is 17.8 Å². The number of nitrogens with one attached hydrogen (secondary N) is 2. The second-order valence-corrected chi connectivity index (χ2v) is 6.30. The molecular weight excluding hydrogens is 334 g/mol. The van der Waals surface area contributed by atoms with Crippen molar-refractivity contribution in [1.82, 2.24) is 15.5 Å². The van der Waals surface area contributed by atoms with E-state index in [0.717, 1.165) is 51.9 Å². The zero-order chi connectivity index (χ0) is 18.8. The SMILES string of the molecule is CCNC(=NCc1ccc(C(N)=O)o1)NCCCN1CCCCCC1=O. The number of rotatable bonds is 8. The minimum Gasteiger partial charge on any atom is -0.454 e. The molecule has 0 bridgehead atoms. The summed E-state index contributed by atoms with van der Waals surface area (Å²) in [6.45, 7) is 5.40. The maximum absolute atomic E-state index is 12.0. The smallest absolute Gasteiger partial charge is 0.284 e. The van der Waals surface area contributed by atoms with Gasteiger partial charge in [0.1, 0.15) is 12.3 Å². The zero-order valence-corrected chi connectivity index (χ0v) is 15.4. The van der Waals surface area contributed by atoms with Crippen molar-refractivity contribution in [3.63, 3.8) is 0 Å². The molecule has 0 atom stereocenters. The van der Waals surface area contributed by atoms with Crippen LogP contribution in [0.4, 0.5) is 0 Å². The Bertz CT molecular complexity index is 626. The van der Waals surface area contributed by atoms with E-state index in [4.69, 9.17) is 10.2 Å². The fourth-order valence-corrected chi connectivity index (χ4v) is 2.85. The zero-order valence-electron chi connectivity index (χ0n) is 15.4. The summed E-state index contributed by atoms with van der Waals surface area (Å²) in [5, 5.41) is 6.42. The van der Waals surface area contributed by atoms with Crippen LogP contribution in [0.25, 0.3) is 0 Å². The van der Waals surface area contributed by atoms with Crippen LogP contribution in [-0.2, 0) is 11.3 Å². The Morgan fingerprint density at radius 1 is 1.31 bits per heavy atom. The number of nitrogens with zero attached hydrogens (tertiary/aromatic N) is 2. The van der Waals surface area contributed by atoms with Crippen molar-refractivity contribution < 1.29 is 14.0 Å². The molecule has 1 aliphatic heterocycles. The standard InChI is InChI=1S/C18H29N5O3/c1-2-20-18(22-13-14-8-9-15(26-14)17(19)25)21-10-6-12-23-11-5-3-4-7-16(23)24/h8-9H,2-7,10-13H2,1H3,(H2,19,25)(H2,20,21,22). The van der Waals surface area contributed by atoms with Gasteiger partial charge in [-0.25, -0.2) is 4.99 Å². The van der Waals surface area contributed by atoms with E-state index in [1.54, 1.807) is 12.1 Å². The fourth-order valence-electron chi connectivity index (χ4n) is 2.85. The third kappa shape index (κ3) is 6.42. The molecule has 1 fully saturated rings. The van der Waals surface area contributed by atoms with Crippen LogP contribution in [0.15, 0.2) is 21.5 Å². The quantitative estimate of drug-likeness (QED) is 0.365. The summed E-state index contributed by atoms with van der Waals surface area (Å²) in [7, 11) is 0. The van der Waals surface area contributed by atoms with Crippen molar-refractivity contribution in [2.75, 3.05) is 26.2 Å². The molecule has 0 spiro atoms. The highest BCUT2D eigenvalue weighted by molar-refractivity contribution is 5.89. The number of hydrogen-bond acceptors (Lipinski definition) is 4. The van der Waals surface area contributed by atoms with E-state index in [0.29, 0.717) is 24.7 Å². The molecule has 1 aromatic heterocycles. The van der Waals surface area contributed by atoms with Crippen LogP contribution in [0.3, 0.4) is 0 Å². The number of amides is 2. The lowest BCUT2D eigenvalue weighted by Crippen LogP contribution is -2.39. The van der Waals surface area contributed by atoms with Gasteiger partial charge < -0.3 is 25.7 Å². The van der Waals surface area contributed by atoms with Crippen LogP contribution in [0.2, 0.25) is 0 Å². The first kappa shape index (κ1) is 19.8. The first-order chi connectivity index (χ1) is 12.6. The normalized spacial score (nSPS) is 15.7. The molecule has 144 valence electrons. The summed E-state index contributed by atoms with van der Waals surface area (Å²) < 4.78 is 5.32. The molecular formula is C18H29N5O3. The van der Waals surface area contributed by atoms with E-state index in [1.807, 2.05) is 11.8 Å². The summed E-state index contributed by atoms with van der Waals surface area (Å²) in [5.41, 5.74) is 5.17. The first-order valence-electron chi connectivity index (χ1n) is 9.28. The van der Waals surface area contributed by atoms with Crippen molar-refractivity contribution in [3.05, 3.63) is 23.7 Å². The molecule has 8 heteroatoms. The lowest BCUT2D eigenvalue weighted by molar-refractivity contribution is -0.130. The molecule has 8 nitrogen and oxygen atoms in total. The molecule has 0 aromatic carbocycles. The average Bonchev–Trinajstić information content (AvgIpc) is 3.01. The number of carbonyl (C=O) groups is 2. The monoisotopic (exact) mass is 363 g/mol. The second-order valence-electron chi connectivity index (χ2n) is 6.30. The summed E-state index contributed by atoms with van der Waals surface area (Å²) in [5.74, 6) is 1.06. The minimum absolute atomic E-state index is 0.135. The molecule has 1 aliphatic rings. The molecule has 1 aromatic rings. The summed E-state index contributed by atoms with van der Waals surface area (Å²) in [6, 6.07) is 3.24. The predicted octanol–water partition coefficient (Wildman–Crippen LogP) is 1.23. The first-order valence-corrected chi connectivity index (χ1v) is 9.28. The van der Waals surface area contributed by atoms with Gasteiger partial charge in [0.25, 0.3) is 5.91 Å². The van der Waals surface area contributed by atoms with Gasteiger partial charge in [0.05, 0.1) is 0 Å². The summed E-state index contributed by atoms with van der Waals surface area (Å²) in [6.07, 6.45) is 4.79. The van der Waals surface area contributed by atoms with Crippen LogP contribution in [-0.4, -0.2) is 48.9 Å². The molecule has 1 saturated heterocycles. The molecule has 26 heavy (non-hydrogen) atoms. The summed E-state index contributed by atoms with van der Waals surface area (Å²) >= 11 is 0. The molecule has 2 rings (SSSR count). The maximum atomic E-state index is 12.0. The Kier molecular flexibility index (Phi) is 7.98. The van der Waals surface area contributed by atoms with Crippen molar-refractivity contribution in [1.29, 1.82) is 0 Å². The largest absolute Gasteiger partial charge is 0.454 e. The third-order valence-electron chi connectivity index (χ3n) is 4.21. The van der Waals surface area contributed by atoms with Gasteiger partial charge in [0.15, 0.2) is 11.7 Å². The van der Waals surface area contributed by atoms with Crippen molar-refractivity contribution in [3.8, 4) is 0 Å². The topological polar surface area (TPSA) is 113 Å². The number of hydrogen-bond donors (Lipinski definition) is 3. The van der Waals surface area contributed by atoms with Crippen LogP contribution in [0.5, 0.6) is 0 Å². The number of carbonyl (C=O) groups excluding carboxylic acids is 2. The fraction of sp³-hybridized carbons (Fsp3) is 0.611. The van der Waals surface area contributed by atoms with E-state index >= 15 is 0 Å². The van der Waals surface area contributed by atoms with Crippen LogP contribution >= 0.6 is 0 Å². The number of furan rings is 1. The van der Waals surface area contributed by atoms with Gasteiger partial charge in [0, 0.05) is 32.6 Å². The van der Waals surface area contributed by atoms with E-state index in [-0.39, 0.29) is 11.7 Å². The van der Waals surface area contributed by atoms with E-state index in [2.05, 4.69) is 15.6 Å². The summed E-state index contributed by atoms with van der Waals surface area (Å²) in [4.78, 5) is 29.4. The minimum atomic E-state index is -0.590. The Balaban J connectivity index is 1.77. The van der Waals surface area contributed by atoms with Gasteiger partial charge in [-0.3, -0.25) is 9.59 Å². The third-order valence-corrected chi connectivity index (χ3v) is 4.21. The van der Waals surface area contributed by atoms with E-state index in [1.165, 1.54) is 0 Å². The maximum Gasteiger partial charge on any atom is 0.284 e. The van der Waals surface area contributed by atoms with Crippen molar-refractivity contribution in [2.45, 2.75) is 45.6 Å². The average molecular weight is 363 g/mol. The van der Waals surface area contributed by atoms with E-state index < -0.39 is 5.91 Å². The van der Waals surface area contributed by atoms with Gasteiger partial charge in [-0.05, 0) is 38.3 Å². The number of guanidine groups is 1. The van der Waals surface area contributed by atoms with Gasteiger partial charge in [-0.2, -0.15) is 0 Å². The highest BCUT2D eigenvalue weighted by atomic mass is 16.3. The van der Waals surface area contributed by atoms with Gasteiger partial charge in [0.2, 0.25) is 5.91 Å². The van der Waals surface area contributed by atoms with Gasteiger partial charge in [-0.1, -0.05) is 6.42 Å². The van der Waals surface area contributed by atoms with Crippen LogP contribution in [0.1, 0.15) is 55.3 Å². The molecule has 0 radical (unpaired) electrons. The molecule has 4 N–H and O–H groups in total. The number of aliphatic imine (C=N–C) groups is 1. The second kappa shape index (κ2) is 10.5. The highest BCUT2D eigenvalue weighted by Crippen LogP contribution is 2.11. The Labute approximate surface area is 154 Å². The number of likely N-dealkylation sites (tertiary alicyclic amines) is 1. The number of primary amides is 1. The number of nitrogens with two attached hydrogens (primary N) is 1. The Hall–Kier alpha value is -2.51. The molecule has 0 aliphatic carbocycles. The lowest BCUT2D eigenvalue weighted by atomic mass is 10.2. The predicted molar refractivity (Wildman–Crippen MR) is 99.7 cm³/mol. The van der Waals surface area contributed by atoms with E-state index in [9.17, 15) is 9.59 Å². The highest BCUT2D eigenvalue weighted by Gasteiger charge is 2.15. The van der Waals surface area contributed by atoms with Crippen molar-refractivity contribution in [2.24, 2.45) is 10.7 Å². The molecule has 0 saturated carbocycles. The van der Waals surface area contributed by atoms with Crippen LogP contribution in [0, 0.1) is 0 Å².